The molecular weight excluding hydrogens is 247 g/mol. The summed E-state index contributed by atoms with van der Waals surface area (Å²) in [5, 5.41) is 8.77. The molecule has 1 unspecified atom stereocenters. The Bertz CT molecular complexity index is 395. The van der Waals surface area contributed by atoms with Gasteiger partial charge in [-0.15, -0.1) is 0 Å². The molecule has 100 valence electrons. The van der Waals surface area contributed by atoms with Gasteiger partial charge in [-0.3, -0.25) is 9.79 Å². The standard InChI is InChI=1S/C12H14F3NO2/c1-3-9(16-4-2)8(7-10(17)18)11(5-6-11)12(13,14)15/h3-4,8H,1-2,5-7H2,(H,17,18). The van der Waals surface area contributed by atoms with Crippen LogP contribution in [0.2, 0.25) is 0 Å². The lowest BCUT2D eigenvalue weighted by atomic mass is 9.81. The molecule has 1 N–H and O–H groups in total. The van der Waals surface area contributed by atoms with Gasteiger partial charge in [-0.1, -0.05) is 13.2 Å². The lowest BCUT2D eigenvalue weighted by Gasteiger charge is -2.28. The summed E-state index contributed by atoms with van der Waals surface area (Å²) < 4.78 is 39.1. The summed E-state index contributed by atoms with van der Waals surface area (Å²) in [5.74, 6) is -2.49. The molecule has 0 aromatic rings. The second-order valence-corrected chi connectivity index (χ2v) is 4.25. The molecule has 1 atom stereocenters. The van der Waals surface area contributed by atoms with Crippen LogP contribution in [0.1, 0.15) is 19.3 Å². The van der Waals surface area contributed by atoms with Crippen molar-refractivity contribution in [3.05, 3.63) is 25.4 Å². The summed E-state index contributed by atoms with van der Waals surface area (Å²) >= 11 is 0. The molecule has 0 radical (unpaired) electrons. The summed E-state index contributed by atoms with van der Waals surface area (Å²) in [6.07, 6.45) is -2.92. The molecular formula is C12H14F3NO2. The van der Waals surface area contributed by atoms with E-state index in [9.17, 15) is 18.0 Å². The van der Waals surface area contributed by atoms with E-state index in [0.29, 0.717) is 0 Å². The van der Waals surface area contributed by atoms with E-state index < -0.39 is 29.9 Å². The maximum absolute atomic E-state index is 13.0. The average Bonchev–Trinajstić information content (AvgIpc) is 3.02. The van der Waals surface area contributed by atoms with Crippen LogP contribution in [0.4, 0.5) is 13.2 Å². The molecule has 0 spiro atoms. The van der Waals surface area contributed by atoms with Gasteiger partial charge in [0.15, 0.2) is 0 Å². The lowest BCUT2D eigenvalue weighted by molar-refractivity contribution is -0.197. The van der Waals surface area contributed by atoms with Gasteiger partial charge in [0.1, 0.15) is 0 Å². The van der Waals surface area contributed by atoms with E-state index in [-0.39, 0.29) is 18.6 Å². The van der Waals surface area contributed by atoms with Crippen LogP contribution in [0.5, 0.6) is 0 Å². The molecule has 0 bridgehead atoms. The summed E-state index contributed by atoms with van der Waals surface area (Å²) in [6, 6.07) is 0. The molecule has 0 aromatic carbocycles. The average molecular weight is 261 g/mol. The molecule has 3 nitrogen and oxygen atoms in total. The number of hydrogen-bond acceptors (Lipinski definition) is 2. The highest BCUT2D eigenvalue weighted by atomic mass is 19.4. The van der Waals surface area contributed by atoms with Crippen molar-refractivity contribution in [3.63, 3.8) is 0 Å². The number of allylic oxidation sites excluding steroid dienone is 1. The van der Waals surface area contributed by atoms with Crippen molar-refractivity contribution < 1.29 is 23.1 Å². The van der Waals surface area contributed by atoms with Gasteiger partial charge in [0.05, 0.1) is 11.8 Å². The topological polar surface area (TPSA) is 49.7 Å². The number of hydrogen-bond donors (Lipinski definition) is 1. The fourth-order valence-electron chi connectivity index (χ4n) is 2.11. The molecule has 0 amide bonds. The fourth-order valence-corrected chi connectivity index (χ4v) is 2.11. The minimum atomic E-state index is -4.43. The van der Waals surface area contributed by atoms with Crippen LogP contribution in [0.25, 0.3) is 0 Å². The van der Waals surface area contributed by atoms with Crippen molar-refractivity contribution in [3.8, 4) is 0 Å². The van der Waals surface area contributed by atoms with Crippen LogP contribution in [0.15, 0.2) is 30.4 Å². The Kier molecular flexibility index (Phi) is 3.98. The number of alkyl halides is 3. The molecule has 0 saturated heterocycles. The van der Waals surface area contributed by atoms with Crippen LogP contribution in [0, 0.1) is 11.3 Å². The number of aliphatic carboxylic acids is 1. The number of halogens is 3. The molecule has 1 fully saturated rings. The summed E-state index contributed by atoms with van der Waals surface area (Å²) in [7, 11) is 0. The third-order valence-corrected chi connectivity index (χ3v) is 3.21. The van der Waals surface area contributed by atoms with E-state index >= 15 is 0 Å². The van der Waals surface area contributed by atoms with Crippen LogP contribution >= 0.6 is 0 Å². The van der Waals surface area contributed by atoms with Crippen molar-refractivity contribution in [1.29, 1.82) is 0 Å². The first-order valence-corrected chi connectivity index (χ1v) is 5.38. The molecule has 0 aliphatic heterocycles. The van der Waals surface area contributed by atoms with Gasteiger partial charge < -0.3 is 5.11 Å². The van der Waals surface area contributed by atoms with Crippen molar-refractivity contribution in [1.82, 2.24) is 0 Å². The number of rotatable bonds is 6. The molecule has 1 aliphatic carbocycles. The SMILES string of the molecule is C=CN=C(C=C)C(CC(=O)O)C1(C(F)(F)F)CC1. The molecule has 1 aliphatic rings. The first kappa shape index (κ1) is 14.5. The van der Waals surface area contributed by atoms with E-state index in [1.54, 1.807) is 0 Å². The quantitative estimate of drug-likeness (QED) is 0.746. The Hall–Kier alpha value is -1.59. The van der Waals surface area contributed by atoms with Crippen LogP contribution < -0.4 is 0 Å². The third-order valence-electron chi connectivity index (χ3n) is 3.21. The summed E-state index contributed by atoms with van der Waals surface area (Å²) in [4.78, 5) is 14.5. The minimum absolute atomic E-state index is 0.0298. The number of aliphatic imine (C=N–C) groups is 1. The van der Waals surface area contributed by atoms with Crippen LogP contribution in [-0.4, -0.2) is 23.0 Å². The second kappa shape index (κ2) is 4.96. The molecule has 1 rings (SSSR count). The lowest BCUT2D eigenvalue weighted by Crippen LogP contribution is -2.37. The smallest absolute Gasteiger partial charge is 0.395 e. The Morgan fingerprint density at radius 3 is 2.28 bits per heavy atom. The molecule has 0 heterocycles. The van der Waals surface area contributed by atoms with Crippen molar-refractivity contribution >= 4 is 11.7 Å². The van der Waals surface area contributed by atoms with Gasteiger partial charge in [0.2, 0.25) is 0 Å². The monoisotopic (exact) mass is 261 g/mol. The molecule has 1 saturated carbocycles. The number of carbonyl (C=O) groups is 1. The van der Waals surface area contributed by atoms with E-state index in [1.165, 1.54) is 6.08 Å². The Morgan fingerprint density at radius 2 is 2.00 bits per heavy atom. The first-order chi connectivity index (χ1) is 8.28. The molecule has 0 aromatic heterocycles. The van der Waals surface area contributed by atoms with Gasteiger partial charge in [-0.05, 0) is 18.9 Å². The van der Waals surface area contributed by atoms with E-state index in [1.807, 2.05) is 0 Å². The van der Waals surface area contributed by atoms with E-state index in [4.69, 9.17) is 5.11 Å². The van der Waals surface area contributed by atoms with Crippen molar-refractivity contribution in [2.45, 2.75) is 25.4 Å². The normalized spacial score (nSPS) is 20.1. The Morgan fingerprint density at radius 1 is 1.44 bits per heavy atom. The van der Waals surface area contributed by atoms with Gasteiger partial charge in [-0.2, -0.15) is 13.2 Å². The minimum Gasteiger partial charge on any atom is -0.481 e. The number of nitrogens with zero attached hydrogens (tertiary/aromatic N) is 1. The van der Waals surface area contributed by atoms with E-state index in [0.717, 1.165) is 6.20 Å². The third kappa shape index (κ3) is 2.63. The Labute approximate surface area is 103 Å². The Balaban J connectivity index is 3.14. The predicted molar refractivity (Wildman–Crippen MR) is 61.3 cm³/mol. The highest BCUT2D eigenvalue weighted by Crippen LogP contribution is 2.63. The largest absolute Gasteiger partial charge is 0.481 e. The number of carboxylic acid groups (broad SMARTS) is 1. The first-order valence-electron chi connectivity index (χ1n) is 5.38. The van der Waals surface area contributed by atoms with Gasteiger partial charge in [-0.25, -0.2) is 0 Å². The zero-order valence-corrected chi connectivity index (χ0v) is 9.70. The van der Waals surface area contributed by atoms with Gasteiger partial charge in [0, 0.05) is 17.8 Å². The highest BCUT2D eigenvalue weighted by molar-refractivity contribution is 5.99. The molecule has 6 heteroatoms. The van der Waals surface area contributed by atoms with Gasteiger partial charge >= 0.3 is 12.1 Å². The predicted octanol–water partition coefficient (Wildman–Crippen LogP) is 3.19. The number of carboxylic acids is 1. The maximum atomic E-state index is 13.0. The maximum Gasteiger partial charge on any atom is 0.395 e. The summed E-state index contributed by atoms with van der Waals surface area (Å²) in [5.41, 5.74) is -1.94. The van der Waals surface area contributed by atoms with Crippen LogP contribution in [-0.2, 0) is 4.79 Å². The highest BCUT2D eigenvalue weighted by Gasteiger charge is 2.67. The van der Waals surface area contributed by atoms with E-state index in [2.05, 4.69) is 18.2 Å². The van der Waals surface area contributed by atoms with Crippen LogP contribution in [0.3, 0.4) is 0 Å². The van der Waals surface area contributed by atoms with Gasteiger partial charge in [0.25, 0.3) is 0 Å². The second-order valence-electron chi connectivity index (χ2n) is 4.25. The van der Waals surface area contributed by atoms with Crippen molar-refractivity contribution in [2.24, 2.45) is 16.3 Å². The molecule has 18 heavy (non-hydrogen) atoms. The zero-order valence-electron chi connectivity index (χ0n) is 9.70. The van der Waals surface area contributed by atoms with Crippen molar-refractivity contribution in [2.75, 3.05) is 0 Å². The summed E-state index contributed by atoms with van der Waals surface area (Å²) in [6.45, 7) is 6.70. The zero-order chi connectivity index (χ0) is 14.0. The fraction of sp³-hybridized carbons (Fsp3) is 0.500.